The third kappa shape index (κ3) is 4.40. The third-order valence-electron chi connectivity index (χ3n) is 4.78. The van der Waals surface area contributed by atoms with Crippen molar-refractivity contribution >= 4 is 44.8 Å². The molecule has 4 rings (SSSR count). The topological polar surface area (TPSA) is 102 Å². The van der Waals surface area contributed by atoms with Gasteiger partial charge in [-0.05, 0) is 43.7 Å². The van der Waals surface area contributed by atoms with Gasteiger partial charge in [-0.2, -0.15) is 0 Å². The van der Waals surface area contributed by atoms with Crippen LogP contribution in [0.4, 0.5) is 11.4 Å². The fourth-order valence-corrected chi connectivity index (χ4v) is 6.90. The quantitative estimate of drug-likeness (QED) is 0.770. The zero-order valence-electron chi connectivity index (χ0n) is 15.7. The van der Waals surface area contributed by atoms with Crippen LogP contribution in [0, 0.1) is 0 Å². The van der Waals surface area contributed by atoms with Crippen molar-refractivity contribution in [2.24, 2.45) is 0 Å². The molecular formula is C20H20N2O5S2. The summed E-state index contributed by atoms with van der Waals surface area (Å²) in [5.41, 5.74) is 1.51. The molecule has 0 aliphatic carbocycles. The Kier molecular flexibility index (Phi) is 5.26. The van der Waals surface area contributed by atoms with E-state index < -0.39 is 15.9 Å². The SMILES string of the molecule is C[C@H]1Oc2ccc(NC(=O)c3ccccc3S[C@@H]3CCS(=O)(=O)C3)cc2NC1=O. The van der Waals surface area contributed by atoms with Crippen LogP contribution in [0.1, 0.15) is 23.7 Å². The van der Waals surface area contributed by atoms with Crippen molar-refractivity contribution in [1.82, 2.24) is 0 Å². The van der Waals surface area contributed by atoms with Crippen molar-refractivity contribution in [2.45, 2.75) is 29.6 Å². The molecule has 2 N–H and O–H groups in total. The molecule has 29 heavy (non-hydrogen) atoms. The Morgan fingerprint density at radius 2 is 2.03 bits per heavy atom. The molecule has 0 unspecified atom stereocenters. The van der Waals surface area contributed by atoms with E-state index in [1.807, 2.05) is 12.1 Å². The predicted molar refractivity (Wildman–Crippen MR) is 112 cm³/mol. The van der Waals surface area contributed by atoms with E-state index in [-0.39, 0.29) is 28.6 Å². The molecule has 0 bridgehead atoms. The molecule has 2 aromatic rings. The molecule has 0 radical (unpaired) electrons. The first kappa shape index (κ1) is 19.8. The molecule has 2 aromatic carbocycles. The van der Waals surface area contributed by atoms with Crippen LogP contribution < -0.4 is 15.4 Å². The first-order chi connectivity index (χ1) is 13.8. The molecule has 2 atom stereocenters. The van der Waals surface area contributed by atoms with Gasteiger partial charge in [-0.3, -0.25) is 9.59 Å². The number of benzene rings is 2. The second-order valence-corrected chi connectivity index (χ2v) is 10.6. The number of sulfone groups is 1. The van der Waals surface area contributed by atoms with Gasteiger partial charge in [0.05, 0.1) is 22.8 Å². The minimum atomic E-state index is -2.98. The second kappa shape index (κ2) is 7.72. The lowest BCUT2D eigenvalue weighted by molar-refractivity contribution is -0.122. The van der Waals surface area contributed by atoms with Gasteiger partial charge in [0.1, 0.15) is 5.75 Å². The normalized spacial score (nSPS) is 22.3. The van der Waals surface area contributed by atoms with E-state index in [0.29, 0.717) is 29.1 Å². The molecule has 1 saturated heterocycles. The van der Waals surface area contributed by atoms with Gasteiger partial charge in [0, 0.05) is 15.8 Å². The Bertz CT molecular complexity index is 1080. The lowest BCUT2D eigenvalue weighted by Crippen LogP contribution is -2.34. The monoisotopic (exact) mass is 432 g/mol. The second-order valence-electron chi connectivity index (χ2n) is 7.05. The number of hydrogen-bond acceptors (Lipinski definition) is 6. The summed E-state index contributed by atoms with van der Waals surface area (Å²) in [6.45, 7) is 1.66. The van der Waals surface area contributed by atoms with Crippen LogP contribution in [0.15, 0.2) is 47.4 Å². The average Bonchev–Trinajstić information content (AvgIpc) is 3.01. The fraction of sp³-hybridized carbons (Fsp3) is 0.300. The maximum absolute atomic E-state index is 12.9. The van der Waals surface area contributed by atoms with Gasteiger partial charge in [0.2, 0.25) is 0 Å². The van der Waals surface area contributed by atoms with Crippen LogP contribution in [0.2, 0.25) is 0 Å². The van der Waals surface area contributed by atoms with Crippen LogP contribution >= 0.6 is 11.8 Å². The molecular weight excluding hydrogens is 412 g/mol. The summed E-state index contributed by atoms with van der Waals surface area (Å²) in [6, 6.07) is 12.2. The number of fused-ring (bicyclic) bond motifs is 1. The summed E-state index contributed by atoms with van der Waals surface area (Å²) < 4.78 is 29.0. The highest BCUT2D eigenvalue weighted by Gasteiger charge is 2.29. The van der Waals surface area contributed by atoms with E-state index in [0.717, 1.165) is 4.90 Å². The van der Waals surface area contributed by atoms with Gasteiger partial charge in [-0.25, -0.2) is 8.42 Å². The molecule has 0 saturated carbocycles. The summed E-state index contributed by atoms with van der Waals surface area (Å²) >= 11 is 1.43. The van der Waals surface area contributed by atoms with Crippen molar-refractivity contribution in [3.05, 3.63) is 48.0 Å². The van der Waals surface area contributed by atoms with Gasteiger partial charge in [-0.1, -0.05) is 12.1 Å². The van der Waals surface area contributed by atoms with Crippen molar-refractivity contribution in [3.63, 3.8) is 0 Å². The van der Waals surface area contributed by atoms with Crippen LogP contribution in [0.3, 0.4) is 0 Å². The summed E-state index contributed by atoms with van der Waals surface area (Å²) in [5.74, 6) is 0.338. The standard InChI is InChI=1S/C20H20N2O5S2/c1-12-19(23)22-16-10-13(6-7-17(16)27-12)21-20(24)15-4-2-3-5-18(15)28-14-8-9-29(25,26)11-14/h2-7,10,12,14H,8-9,11H2,1H3,(H,21,24)(H,22,23)/t12-,14-/m1/s1. The van der Waals surface area contributed by atoms with E-state index in [9.17, 15) is 18.0 Å². The Hall–Kier alpha value is -2.52. The van der Waals surface area contributed by atoms with Crippen LogP contribution in [-0.2, 0) is 14.6 Å². The van der Waals surface area contributed by atoms with Crippen molar-refractivity contribution in [1.29, 1.82) is 0 Å². The molecule has 2 heterocycles. The van der Waals surface area contributed by atoms with Gasteiger partial charge in [0.25, 0.3) is 11.8 Å². The lowest BCUT2D eigenvalue weighted by Gasteiger charge is -2.23. The predicted octanol–water partition coefficient (Wildman–Crippen LogP) is 2.94. The molecule has 1 fully saturated rings. The number of ether oxygens (including phenoxy) is 1. The maximum Gasteiger partial charge on any atom is 0.265 e. The average molecular weight is 433 g/mol. The molecule has 9 heteroatoms. The van der Waals surface area contributed by atoms with E-state index >= 15 is 0 Å². The summed E-state index contributed by atoms with van der Waals surface area (Å²) in [7, 11) is -2.98. The van der Waals surface area contributed by atoms with Crippen LogP contribution in [0.5, 0.6) is 5.75 Å². The zero-order chi connectivity index (χ0) is 20.6. The molecule has 2 aliphatic heterocycles. The van der Waals surface area contributed by atoms with E-state index in [2.05, 4.69) is 10.6 Å². The number of rotatable bonds is 4. The first-order valence-corrected chi connectivity index (χ1v) is 11.9. The summed E-state index contributed by atoms with van der Waals surface area (Å²) in [6.07, 6.45) is 0.0255. The number of hydrogen-bond donors (Lipinski definition) is 2. The number of carbonyl (C=O) groups excluding carboxylic acids is 2. The highest BCUT2D eigenvalue weighted by atomic mass is 32.2. The number of nitrogens with one attached hydrogen (secondary N) is 2. The highest BCUT2D eigenvalue weighted by molar-refractivity contribution is 8.02. The third-order valence-corrected chi connectivity index (χ3v) is 8.11. The molecule has 0 spiro atoms. The van der Waals surface area contributed by atoms with Crippen molar-refractivity contribution in [2.75, 3.05) is 22.1 Å². The number of anilines is 2. The molecule has 0 aromatic heterocycles. The Morgan fingerprint density at radius 3 is 2.79 bits per heavy atom. The highest BCUT2D eigenvalue weighted by Crippen LogP contribution is 2.35. The Balaban J connectivity index is 1.51. The Labute approximate surface area is 173 Å². The molecule has 2 aliphatic rings. The summed E-state index contributed by atoms with van der Waals surface area (Å²) in [5, 5.41) is 5.54. The number of amides is 2. The largest absolute Gasteiger partial charge is 0.479 e. The summed E-state index contributed by atoms with van der Waals surface area (Å²) in [4.78, 5) is 25.4. The van der Waals surface area contributed by atoms with Gasteiger partial charge in [-0.15, -0.1) is 11.8 Å². The van der Waals surface area contributed by atoms with Gasteiger partial charge in [0.15, 0.2) is 15.9 Å². The van der Waals surface area contributed by atoms with E-state index in [1.165, 1.54) is 11.8 Å². The lowest BCUT2D eigenvalue weighted by atomic mass is 10.2. The van der Waals surface area contributed by atoms with Crippen LogP contribution in [0.25, 0.3) is 0 Å². The maximum atomic E-state index is 12.9. The van der Waals surface area contributed by atoms with Gasteiger partial charge < -0.3 is 15.4 Å². The molecule has 7 nitrogen and oxygen atoms in total. The van der Waals surface area contributed by atoms with Crippen molar-refractivity contribution in [3.8, 4) is 5.75 Å². The zero-order valence-corrected chi connectivity index (χ0v) is 17.3. The number of carbonyl (C=O) groups is 2. The molecule has 152 valence electrons. The van der Waals surface area contributed by atoms with E-state index in [4.69, 9.17) is 4.74 Å². The van der Waals surface area contributed by atoms with Gasteiger partial charge >= 0.3 is 0 Å². The minimum absolute atomic E-state index is 0.0490. The first-order valence-electron chi connectivity index (χ1n) is 9.20. The fourth-order valence-electron chi connectivity index (χ4n) is 3.28. The van der Waals surface area contributed by atoms with E-state index in [1.54, 1.807) is 37.3 Å². The Morgan fingerprint density at radius 1 is 1.24 bits per heavy atom. The van der Waals surface area contributed by atoms with Crippen molar-refractivity contribution < 1.29 is 22.7 Å². The molecule has 2 amide bonds. The number of thioether (sulfide) groups is 1. The minimum Gasteiger partial charge on any atom is -0.479 e. The smallest absolute Gasteiger partial charge is 0.265 e. The van der Waals surface area contributed by atoms with Crippen LogP contribution in [-0.4, -0.2) is 43.1 Å².